The van der Waals surface area contributed by atoms with Crippen LogP contribution in [-0.2, 0) is 16.6 Å². The van der Waals surface area contributed by atoms with Gasteiger partial charge in [0.05, 0.1) is 17.7 Å². The van der Waals surface area contributed by atoms with Crippen LogP contribution in [0, 0.1) is 24.0 Å². The second-order valence-corrected chi connectivity index (χ2v) is 6.66. The molecule has 0 aliphatic rings. The van der Waals surface area contributed by atoms with E-state index in [1.54, 1.807) is 13.8 Å². The van der Waals surface area contributed by atoms with Crippen molar-refractivity contribution in [2.24, 2.45) is 0 Å². The predicted molar refractivity (Wildman–Crippen MR) is 78.1 cm³/mol. The van der Waals surface area contributed by atoms with E-state index in [0.717, 1.165) is 0 Å². The first-order valence-electron chi connectivity index (χ1n) is 6.06. The Morgan fingerprint density at radius 3 is 2.64 bits per heavy atom. The van der Waals surface area contributed by atoms with E-state index in [9.17, 15) is 18.5 Å². The molecule has 0 fully saturated rings. The lowest BCUT2D eigenvalue weighted by Crippen LogP contribution is -2.24. The molecule has 1 N–H and O–H groups in total. The number of nitro groups is 1. The maximum atomic E-state index is 12.3. The van der Waals surface area contributed by atoms with Crippen molar-refractivity contribution in [3.05, 3.63) is 50.7 Å². The van der Waals surface area contributed by atoms with Crippen LogP contribution in [0.5, 0.6) is 0 Å². The van der Waals surface area contributed by atoms with Crippen LogP contribution < -0.4 is 4.72 Å². The van der Waals surface area contributed by atoms with Crippen LogP contribution in [0.15, 0.2) is 27.6 Å². The first-order valence-corrected chi connectivity index (χ1v) is 7.92. The standard InChI is InChI=1S/C12H12ClN3O5S/c1-7-3-9(16(17)18)12(13)10(4-7)22(19,20)15-6-11-14-5-8(2)21-11/h3-5,15H,6H2,1-2H3. The molecule has 0 atom stereocenters. The third-order valence-electron chi connectivity index (χ3n) is 2.73. The maximum absolute atomic E-state index is 12.3. The van der Waals surface area contributed by atoms with E-state index in [-0.39, 0.29) is 17.3 Å². The number of rotatable bonds is 5. The van der Waals surface area contributed by atoms with Gasteiger partial charge in [0.1, 0.15) is 15.7 Å². The highest BCUT2D eigenvalue weighted by atomic mass is 35.5. The smallest absolute Gasteiger partial charge is 0.289 e. The Morgan fingerprint density at radius 2 is 2.09 bits per heavy atom. The summed E-state index contributed by atoms with van der Waals surface area (Å²) >= 11 is 5.85. The minimum absolute atomic E-state index is 0.180. The van der Waals surface area contributed by atoms with Gasteiger partial charge in [-0.3, -0.25) is 10.1 Å². The molecule has 0 saturated heterocycles. The molecule has 0 aliphatic heterocycles. The van der Waals surface area contributed by atoms with Crippen molar-refractivity contribution in [1.29, 1.82) is 0 Å². The molecule has 1 aromatic heterocycles. The van der Waals surface area contributed by atoms with E-state index in [1.807, 2.05) is 0 Å². The third kappa shape index (κ3) is 3.43. The number of nitrogens with zero attached hydrogens (tertiary/aromatic N) is 2. The average molecular weight is 346 g/mol. The molecule has 0 saturated carbocycles. The van der Waals surface area contributed by atoms with Gasteiger partial charge in [-0.05, 0) is 25.5 Å². The van der Waals surface area contributed by atoms with Gasteiger partial charge >= 0.3 is 0 Å². The summed E-state index contributed by atoms with van der Waals surface area (Å²) in [6.07, 6.45) is 1.45. The van der Waals surface area contributed by atoms with Gasteiger partial charge in [-0.1, -0.05) is 11.6 Å². The van der Waals surface area contributed by atoms with Crippen molar-refractivity contribution in [2.75, 3.05) is 0 Å². The summed E-state index contributed by atoms with van der Waals surface area (Å²) < 4.78 is 31.9. The average Bonchev–Trinajstić information content (AvgIpc) is 2.84. The molecule has 10 heteroatoms. The van der Waals surface area contributed by atoms with Crippen molar-refractivity contribution < 1.29 is 17.8 Å². The Balaban J connectivity index is 2.35. The van der Waals surface area contributed by atoms with Crippen LogP contribution in [0.1, 0.15) is 17.2 Å². The molecule has 0 radical (unpaired) electrons. The molecule has 2 aromatic rings. The zero-order valence-electron chi connectivity index (χ0n) is 11.7. The molecule has 118 valence electrons. The van der Waals surface area contributed by atoms with Gasteiger partial charge in [-0.2, -0.15) is 0 Å². The van der Waals surface area contributed by atoms with Crippen LogP contribution in [-0.4, -0.2) is 18.3 Å². The largest absolute Gasteiger partial charge is 0.445 e. The predicted octanol–water partition coefficient (Wildman–Crippen LogP) is 2.33. The lowest BCUT2D eigenvalue weighted by Gasteiger charge is -2.08. The zero-order valence-corrected chi connectivity index (χ0v) is 13.2. The first kappa shape index (κ1) is 16.4. The molecule has 0 bridgehead atoms. The van der Waals surface area contributed by atoms with Gasteiger partial charge in [-0.15, -0.1) is 0 Å². The monoisotopic (exact) mass is 345 g/mol. The van der Waals surface area contributed by atoms with Crippen LogP contribution >= 0.6 is 11.6 Å². The second kappa shape index (κ2) is 6.03. The summed E-state index contributed by atoms with van der Waals surface area (Å²) in [5.41, 5.74) is -0.0579. The highest BCUT2D eigenvalue weighted by molar-refractivity contribution is 7.89. The minimum atomic E-state index is -4.04. The summed E-state index contributed by atoms with van der Waals surface area (Å²) in [5.74, 6) is 0.720. The van der Waals surface area contributed by atoms with Gasteiger partial charge in [0.15, 0.2) is 0 Å². The van der Waals surface area contributed by atoms with Gasteiger partial charge in [0.2, 0.25) is 15.9 Å². The van der Waals surface area contributed by atoms with Gasteiger partial charge in [-0.25, -0.2) is 18.1 Å². The number of sulfonamides is 1. The topological polar surface area (TPSA) is 115 Å². The van der Waals surface area contributed by atoms with E-state index >= 15 is 0 Å². The second-order valence-electron chi connectivity index (χ2n) is 4.54. The van der Waals surface area contributed by atoms with Crippen LogP contribution in [0.2, 0.25) is 5.02 Å². The quantitative estimate of drug-likeness (QED) is 0.656. The molecule has 1 aromatic carbocycles. The Morgan fingerprint density at radius 1 is 1.41 bits per heavy atom. The number of oxazole rings is 1. The summed E-state index contributed by atoms with van der Waals surface area (Å²) in [6, 6.07) is 2.47. The van der Waals surface area contributed by atoms with E-state index in [2.05, 4.69) is 9.71 Å². The summed E-state index contributed by atoms with van der Waals surface area (Å²) in [4.78, 5) is 13.7. The van der Waals surface area contributed by atoms with Crippen molar-refractivity contribution in [3.8, 4) is 0 Å². The highest BCUT2D eigenvalue weighted by Crippen LogP contribution is 2.32. The van der Waals surface area contributed by atoms with Crippen LogP contribution in [0.25, 0.3) is 0 Å². The fourth-order valence-corrected chi connectivity index (χ4v) is 3.40. The van der Waals surface area contributed by atoms with Gasteiger partial charge < -0.3 is 4.42 Å². The SMILES string of the molecule is Cc1cc([N+](=O)[O-])c(Cl)c(S(=O)(=O)NCc2ncc(C)o2)c1. The van der Waals surface area contributed by atoms with Crippen LogP contribution in [0.3, 0.4) is 0 Å². The summed E-state index contributed by atoms with van der Waals surface area (Å²) in [5, 5.41) is 10.5. The molecule has 0 amide bonds. The Labute approximate surface area is 131 Å². The maximum Gasteiger partial charge on any atom is 0.289 e. The van der Waals surface area contributed by atoms with Crippen molar-refractivity contribution in [2.45, 2.75) is 25.3 Å². The number of benzene rings is 1. The minimum Gasteiger partial charge on any atom is -0.445 e. The lowest BCUT2D eigenvalue weighted by molar-refractivity contribution is -0.385. The summed E-state index contributed by atoms with van der Waals surface area (Å²) in [6.45, 7) is 3.03. The summed E-state index contributed by atoms with van der Waals surface area (Å²) in [7, 11) is -4.04. The number of halogens is 1. The third-order valence-corrected chi connectivity index (χ3v) is 4.67. The number of aryl methyl sites for hydroxylation is 2. The fourth-order valence-electron chi connectivity index (χ4n) is 1.76. The molecule has 1 heterocycles. The molecule has 0 unspecified atom stereocenters. The molecular weight excluding hydrogens is 334 g/mol. The number of hydrogen-bond donors (Lipinski definition) is 1. The van der Waals surface area contributed by atoms with E-state index in [0.29, 0.717) is 11.3 Å². The highest BCUT2D eigenvalue weighted by Gasteiger charge is 2.26. The molecule has 22 heavy (non-hydrogen) atoms. The van der Waals surface area contributed by atoms with Crippen molar-refractivity contribution in [3.63, 3.8) is 0 Å². The van der Waals surface area contributed by atoms with Crippen LogP contribution in [0.4, 0.5) is 5.69 Å². The first-order chi connectivity index (χ1) is 10.2. The Kier molecular flexibility index (Phi) is 4.50. The van der Waals surface area contributed by atoms with E-state index in [4.69, 9.17) is 16.0 Å². The Bertz CT molecular complexity index is 831. The van der Waals surface area contributed by atoms with Crippen molar-refractivity contribution >= 4 is 27.3 Å². The molecule has 0 aliphatic carbocycles. The normalized spacial score (nSPS) is 11.6. The van der Waals surface area contributed by atoms with E-state index < -0.39 is 25.7 Å². The number of nitro benzene ring substituents is 1. The fraction of sp³-hybridized carbons (Fsp3) is 0.250. The van der Waals surface area contributed by atoms with Gasteiger partial charge in [0, 0.05) is 6.07 Å². The van der Waals surface area contributed by atoms with Gasteiger partial charge in [0.25, 0.3) is 5.69 Å². The zero-order chi connectivity index (χ0) is 16.5. The Hall–Kier alpha value is -1.97. The van der Waals surface area contributed by atoms with E-state index in [1.165, 1.54) is 18.3 Å². The molecule has 8 nitrogen and oxygen atoms in total. The number of aromatic nitrogens is 1. The number of hydrogen-bond acceptors (Lipinski definition) is 6. The molecule has 2 rings (SSSR count). The lowest BCUT2D eigenvalue weighted by atomic mass is 10.2. The molecule has 0 spiro atoms. The van der Waals surface area contributed by atoms with Crippen molar-refractivity contribution in [1.82, 2.24) is 9.71 Å². The number of nitrogens with one attached hydrogen (secondary N) is 1. The molecular formula is C12H12ClN3O5S.